The Morgan fingerprint density at radius 1 is 1.27 bits per heavy atom. The van der Waals surface area contributed by atoms with E-state index in [9.17, 15) is 27.5 Å². The normalized spacial score (nSPS) is 18.2. The number of hydrogen-bond donors (Lipinski definition) is 2. The number of aryl methyl sites for hydroxylation is 1. The molecule has 0 aliphatic carbocycles. The third-order valence-corrected chi connectivity index (χ3v) is 5.81. The van der Waals surface area contributed by atoms with Crippen molar-refractivity contribution < 1.29 is 27.5 Å². The van der Waals surface area contributed by atoms with Crippen molar-refractivity contribution in [2.75, 3.05) is 12.3 Å². The number of benzene rings is 1. The summed E-state index contributed by atoms with van der Waals surface area (Å²) in [6.07, 6.45) is -3.67. The van der Waals surface area contributed by atoms with E-state index >= 15 is 0 Å². The molecule has 33 heavy (non-hydrogen) atoms. The van der Waals surface area contributed by atoms with Crippen LogP contribution in [-0.4, -0.2) is 48.0 Å². The van der Waals surface area contributed by atoms with E-state index in [1.165, 1.54) is 38.5 Å². The summed E-state index contributed by atoms with van der Waals surface area (Å²) < 4.78 is 56.1. The van der Waals surface area contributed by atoms with Crippen LogP contribution in [-0.2, 0) is 19.2 Å². The lowest BCUT2D eigenvalue weighted by molar-refractivity contribution is -0.263. The molecule has 8 nitrogen and oxygen atoms in total. The molecule has 1 unspecified atom stereocenters. The Bertz CT molecular complexity index is 1230. The summed E-state index contributed by atoms with van der Waals surface area (Å²) in [4.78, 5) is 18.5. The number of nitrogens with zero attached hydrogens (tertiary/aromatic N) is 5. The van der Waals surface area contributed by atoms with Crippen molar-refractivity contribution in [3.8, 4) is 11.3 Å². The van der Waals surface area contributed by atoms with Gasteiger partial charge in [-0.15, -0.1) is 0 Å². The summed E-state index contributed by atoms with van der Waals surface area (Å²) in [5.74, 6) is -1.40. The standard InChI is InChI=1S/C21H22F4N6O2/c1-11-9-30(10-13-8-27-19(31(11)13)20(2,33)21(23,24)25)18(32)17-7-16(28-29(17)3)14-5-4-12(22)6-15(14)26/h4-8,11,33H,9-10,26H2,1-3H3/t11-,20?/m0/s1. The Morgan fingerprint density at radius 2 is 1.97 bits per heavy atom. The van der Waals surface area contributed by atoms with E-state index in [-0.39, 0.29) is 30.4 Å². The minimum absolute atomic E-state index is 0.00328. The lowest BCUT2D eigenvalue weighted by Gasteiger charge is -2.36. The van der Waals surface area contributed by atoms with E-state index in [2.05, 4.69) is 10.1 Å². The van der Waals surface area contributed by atoms with Crippen LogP contribution in [0.25, 0.3) is 11.3 Å². The van der Waals surface area contributed by atoms with E-state index in [0.29, 0.717) is 23.9 Å². The maximum Gasteiger partial charge on any atom is 0.424 e. The van der Waals surface area contributed by atoms with Crippen LogP contribution in [0.2, 0.25) is 0 Å². The molecule has 0 radical (unpaired) electrons. The summed E-state index contributed by atoms with van der Waals surface area (Å²) in [5.41, 5.74) is 4.38. The zero-order chi connectivity index (χ0) is 24.3. The molecular formula is C21H22F4N6O2. The maximum absolute atomic E-state index is 13.4. The van der Waals surface area contributed by atoms with Gasteiger partial charge in [0.15, 0.2) is 5.82 Å². The van der Waals surface area contributed by atoms with E-state index in [4.69, 9.17) is 5.73 Å². The molecule has 3 heterocycles. The predicted octanol–water partition coefficient (Wildman–Crippen LogP) is 2.99. The van der Waals surface area contributed by atoms with Gasteiger partial charge in [-0.25, -0.2) is 9.37 Å². The zero-order valence-corrected chi connectivity index (χ0v) is 18.1. The number of anilines is 1. The third-order valence-electron chi connectivity index (χ3n) is 5.81. The fraction of sp³-hybridized carbons (Fsp3) is 0.381. The minimum atomic E-state index is -4.91. The number of carbonyl (C=O) groups excluding carboxylic acids is 1. The monoisotopic (exact) mass is 466 g/mol. The number of halogens is 4. The quantitative estimate of drug-likeness (QED) is 0.457. The van der Waals surface area contributed by atoms with Gasteiger partial charge in [-0.2, -0.15) is 18.3 Å². The van der Waals surface area contributed by atoms with Gasteiger partial charge in [0.2, 0.25) is 5.60 Å². The maximum atomic E-state index is 13.4. The number of imidazole rings is 1. The second-order valence-electron chi connectivity index (χ2n) is 8.32. The first-order chi connectivity index (χ1) is 15.3. The molecule has 0 fully saturated rings. The summed E-state index contributed by atoms with van der Waals surface area (Å²) >= 11 is 0. The number of rotatable bonds is 3. The summed E-state index contributed by atoms with van der Waals surface area (Å²) in [5, 5.41) is 14.4. The van der Waals surface area contributed by atoms with Gasteiger partial charge in [0.05, 0.1) is 30.2 Å². The Morgan fingerprint density at radius 3 is 2.61 bits per heavy atom. The Kier molecular flexibility index (Phi) is 5.23. The molecule has 2 atom stereocenters. The second kappa shape index (κ2) is 7.58. The van der Waals surface area contributed by atoms with Crippen molar-refractivity contribution in [1.82, 2.24) is 24.2 Å². The molecule has 1 amide bonds. The number of alkyl halides is 3. The van der Waals surface area contributed by atoms with Gasteiger partial charge in [0.1, 0.15) is 11.5 Å². The van der Waals surface area contributed by atoms with Gasteiger partial charge < -0.3 is 20.3 Å². The van der Waals surface area contributed by atoms with E-state index in [1.54, 1.807) is 14.0 Å². The molecule has 12 heteroatoms. The largest absolute Gasteiger partial charge is 0.424 e. The van der Waals surface area contributed by atoms with Crippen LogP contribution in [0.3, 0.4) is 0 Å². The van der Waals surface area contributed by atoms with Crippen LogP contribution in [0.1, 0.15) is 41.9 Å². The highest BCUT2D eigenvalue weighted by Crippen LogP contribution is 2.40. The van der Waals surface area contributed by atoms with Gasteiger partial charge in [-0.05, 0) is 38.1 Å². The average molecular weight is 466 g/mol. The molecule has 0 bridgehead atoms. The smallest absolute Gasteiger partial charge is 0.398 e. The summed E-state index contributed by atoms with van der Waals surface area (Å²) in [6, 6.07) is 4.83. The lowest BCUT2D eigenvalue weighted by atomic mass is 10.0. The number of nitrogens with two attached hydrogens (primary N) is 1. The van der Waals surface area contributed by atoms with E-state index in [0.717, 1.165) is 6.07 Å². The topological polar surface area (TPSA) is 102 Å². The van der Waals surface area contributed by atoms with Crippen LogP contribution < -0.4 is 5.73 Å². The van der Waals surface area contributed by atoms with E-state index in [1.807, 2.05) is 0 Å². The average Bonchev–Trinajstić information content (AvgIpc) is 3.31. The predicted molar refractivity (Wildman–Crippen MR) is 110 cm³/mol. The second-order valence-corrected chi connectivity index (χ2v) is 8.32. The number of hydrogen-bond acceptors (Lipinski definition) is 5. The molecule has 176 valence electrons. The Balaban J connectivity index is 1.63. The zero-order valence-electron chi connectivity index (χ0n) is 18.1. The van der Waals surface area contributed by atoms with Crippen LogP contribution in [0, 0.1) is 5.82 Å². The van der Waals surface area contributed by atoms with Crippen molar-refractivity contribution in [2.45, 2.75) is 38.2 Å². The van der Waals surface area contributed by atoms with Crippen LogP contribution in [0.4, 0.5) is 23.2 Å². The molecule has 3 N–H and O–H groups in total. The van der Waals surface area contributed by atoms with Crippen LogP contribution in [0.15, 0.2) is 30.5 Å². The Labute approximate surface area is 186 Å². The SMILES string of the molecule is C[C@H]1CN(C(=O)c2cc(-c3ccc(F)cc3N)nn2C)Cc2cnc(C(C)(O)C(F)(F)F)n21. The molecule has 4 rings (SSSR count). The molecule has 2 aromatic heterocycles. The van der Waals surface area contributed by atoms with E-state index < -0.39 is 29.5 Å². The number of amides is 1. The highest BCUT2D eigenvalue weighted by molar-refractivity contribution is 5.94. The van der Waals surface area contributed by atoms with Crippen LogP contribution in [0.5, 0.6) is 0 Å². The van der Waals surface area contributed by atoms with Gasteiger partial charge in [0, 0.05) is 24.8 Å². The number of carbonyl (C=O) groups is 1. The van der Waals surface area contributed by atoms with Crippen molar-refractivity contribution in [3.63, 3.8) is 0 Å². The first kappa shape index (κ1) is 22.8. The van der Waals surface area contributed by atoms with Crippen molar-refractivity contribution in [3.05, 3.63) is 53.5 Å². The fourth-order valence-electron chi connectivity index (χ4n) is 4.04. The minimum Gasteiger partial charge on any atom is -0.398 e. The molecule has 1 aliphatic heterocycles. The molecule has 0 saturated carbocycles. The van der Waals surface area contributed by atoms with Crippen molar-refractivity contribution >= 4 is 11.6 Å². The highest BCUT2D eigenvalue weighted by Gasteiger charge is 2.55. The van der Waals surface area contributed by atoms with Crippen molar-refractivity contribution in [2.24, 2.45) is 7.05 Å². The lowest BCUT2D eigenvalue weighted by Crippen LogP contribution is -2.45. The van der Waals surface area contributed by atoms with Crippen LogP contribution >= 0.6 is 0 Å². The molecule has 0 spiro atoms. The molecule has 0 saturated heterocycles. The van der Waals surface area contributed by atoms with Gasteiger partial charge in [-0.1, -0.05) is 0 Å². The first-order valence-corrected chi connectivity index (χ1v) is 10.1. The summed E-state index contributed by atoms with van der Waals surface area (Å²) in [6.45, 7) is 2.41. The molecule has 3 aromatic rings. The third kappa shape index (κ3) is 3.73. The Hall–Kier alpha value is -3.41. The fourth-order valence-corrected chi connectivity index (χ4v) is 4.04. The molecular weight excluding hydrogens is 444 g/mol. The molecule has 1 aromatic carbocycles. The number of nitrogen functional groups attached to an aromatic ring is 1. The van der Waals surface area contributed by atoms with Gasteiger partial charge in [-0.3, -0.25) is 9.48 Å². The summed E-state index contributed by atoms with van der Waals surface area (Å²) in [7, 11) is 1.58. The van der Waals surface area contributed by atoms with Gasteiger partial charge in [0.25, 0.3) is 5.91 Å². The number of fused-ring (bicyclic) bond motifs is 1. The number of aromatic nitrogens is 4. The molecule has 1 aliphatic rings. The van der Waals surface area contributed by atoms with Crippen molar-refractivity contribution in [1.29, 1.82) is 0 Å². The van der Waals surface area contributed by atoms with Gasteiger partial charge >= 0.3 is 6.18 Å². The number of aliphatic hydroxyl groups is 1. The first-order valence-electron chi connectivity index (χ1n) is 10.1. The highest BCUT2D eigenvalue weighted by atomic mass is 19.4.